The van der Waals surface area contributed by atoms with E-state index in [1.54, 1.807) is 6.08 Å². The second-order valence-corrected chi connectivity index (χ2v) is 6.72. The van der Waals surface area contributed by atoms with Crippen molar-refractivity contribution in [1.29, 1.82) is 0 Å². The highest BCUT2D eigenvalue weighted by Gasteiger charge is 2.38. The van der Waals surface area contributed by atoms with Crippen molar-refractivity contribution in [2.45, 2.75) is 25.6 Å². The van der Waals surface area contributed by atoms with Crippen LogP contribution in [0.2, 0.25) is 0 Å². The zero-order valence-electron chi connectivity index (χ0n) is 11.5. The summed E-state index contributed by atoms with van der Waals surface area (Å²) in [7, 11) is -0.333. The van der Waals surface area contributed by atoms with Crippen molar-refractivity contribution in [3.8, 4) is 0 Å². The molecular formula is C12H21O6P. The van der Waals surface area contributed by atoms with E-state index in [1.807, 2.05) is 0 Å². The molecule has 0 radical (unpaired) electrons. The van der Waals surface area contributed by atoms with E-state index in [0.29, 0.717) is 13.0 Å². The Morgan fingerprint density at radius 1 is 1.47 bits per heavy atom. The third-order valence-corrected chi connectivity index (χ3v) is 5.09. The molecule has 0 amide bonds. The summed E-state index contributed by atoms with van der Waals surface area (Å²) in [6.07, 6.45) is 1.93. The Labute approximate surface area is 113 Å². The Kier molecular flexibility index (Phi) is 6.20. The molecule has 110 valence electrons. The fraction of sp³-hybridized carbons (Fsp3) is 0.750. The molecule has 19 heavy (non-hydrogen) atoms. The van der Waals surface area contributed by atoms with Crippen LogP contribution in [0.15, 0.2) is 12.7 Å². The first-order valence-corrected chi connectivity index (χ1v) is 7.80. The molecule has 1 heterocycles. The Morgan fingerprint density at radius 3 is 2.58 bits per heavy atom. The second kappa shape index (κ2) is 7.20. The average Bonchev–Trinajstić information content (AvgIpc) is 2.77. The molecule has 1 aliphatic heterocycles. The van der Waals surface area contributed by atoms with Crippen LogP contribution in [-0.2, 0) is 27.9 Å². The molecule has 0 saturated carbocycles. The van der Waals surface area contributed by atoms with Crippen molar-refractivity contribution in [2.75, 3.05) is 27.0 Å². The molecule has 3 atom stereocenters. The van der Waals surface area contributed by atoms with E-state index in [4.69, 9.17) is 18.5 Å². The van der Waals surface area contributed by atoms with Crippen molar-refractivity contribution in [2.24, 2.45) is 5.92 Å². The van der Waals surface area contributed by atoms with Crippen molar-refractivity contribution in [3.05, 3.63) is 12.7 Å². The second-order valence-electron chi connectivity index (χ2n) is 4.32. The predicted octanol–water partition coefficient (Wildman–Crippen LogP) is 2.00. The van der Waals surface area contributed by atoms with Gasteiger partial charge in [-0.15, -0.1) is 6.58 Å². The van der Waals surface area contributed by atoms with Gasteiger partial charge in [0.2, 0.25) is 0 Å². The summed E-state index contributed by atoms with van der Waals surface area (Å²) in [5.41, 5.74) is 0. The van der Waals surface area contributed by atoms with Crippen molar-refractivity contribution in [3.63, 3.8) is 0 Å². The highest BCUT2D eigenvalue weighted by molar-refractivity contribution is 7.53. The summed E-state index contributed by atoms with van der Waals surface area (Å²) >= 11 is 0. The first kappa shape index (κ1) is 16.4. The van der Waals surface area contributed by atoms with Gasteiger partial charge >= 0.3 is 13.6 Å². The lowest BCUT2D eigenvalue weighted by Gasteiger charge is -2.20. The number of carbonyl (C=O) groups excluding carboxylic acids is 1. The highest BCUT2D eigenvalue weighted by atomic mass is 31.2. The van der Waals surface area contributed by atoms with Crippen LogP contribution in [0.25, 0.3) is 0 Å². The molecule has 1 aliphatic rings. The number of ether oxygens (including phenoxy) is 2. The molecule has 0 spiro atoms. The van der Waals surface area contributed by atoms with Gasteiger partial charge in [0.15, 0.2) is 0 Å². The zero-order valence-corrected chi connectivity index (χ0v) is 12.4. The monoisotopic (exact) mass is 292 g/mol. The van der Waals surface area contributed by atoms with Gasteiger partial charge in [-0.25, -0.2) is 0 Å². The molecule has 0 aromatic rings. The Hall–Kier alpha value is -0.680. The van der Waals surface area contributed by atoms with Gasteiger partial charge in [0.1, 0.15) is 6.10 Å². The van der Waals surface area contributed by atoms with Crippen LogP contribution in [0.5, 0.6) is 0 Å². The first-order chi connectivity index (χ1) is 8.95. The first-order valence-electron chi connectivity index (χ1n) is 6.07. The van der Waals surface area contributed by atoms with Gasteiger partial charge < -0.3 is 18.5 Å². The summed E-state index contributed by atoms with van der Waals surface area (Å²) in [6, 6.07) is 0. The van der Waals surface area contributed by atoms with Gasteiger partial charge in [0.05, 0.1) is 18.9 Å². The highest BCUT2D eigenvalue weighted by Crippen LogP contribution is 2.48. The molecular weight excluding hydrogens is 271 g/mol. The summed E-state index contributed by atoms with van der Waals surface area (Å²) in [6.45, 7) is 5.42. The smallest absolute Gasteiger partial charge is 0.330 e. The third-order valence-electron chi connectivity index (χ3n) is 3.17. The molecule has 0 N–H and O–H groups in total. The van der Waals surface area contributed by atoms with Crippen molar-refractivity contribution >= 4 is 13.6 Å². The lowest BCUT2D eigenvalue weighted by atomic mass is 9.97. The Balaban J connectivity index is 2.57. The summed E-state index contributed by atoms with van der Waals surface area (Å²) in [4.78, 5) is 11.0. The van der Waals surface area contributed by atoms with Crippen LogP contribution < -0.4 is 0 Å². The predicted molar refractivity (Wildman–Crippen MR) is 70.1 cm³/mol. The summed E-state index contributed by atoms with van der Waals surface area (Å²) in [5, 5.41) is 0. The van der Waals surface area contributed by atoms with Crippen LogP contribution in [0.1, 0.15) is 13.3 Å². The van der Waals surface area contributed by atoms with Gasteiger partial charge in [-0.3, -0.25) is 9.36 Å². The van der Waals surface area contributed by atoms with Gasteiger partial charge in [-0.05, 0) is 6.42 Å². The van der Waals surface area contributed by atoms with Crippen molar-refractivity contribution < 1.29 is 27.9 Å². The minimum atomic E-state index is -3.04. The maximum absolute atomic E-state index is 12.0. The van der Waals surface area contributed by atoms with E-state index in [0.717, 1.165) is 0 Å². The van der Waals surface area contributed by atoms with E-state index in [9.17, 15) is 9.36 Å². The lowest BCUT2D eigenvalue weighted by Crippen LogP contribution is -2.27. The average molecular weight is 292 g/mol. The SMILES string of the molecule is C=C[C@H]1[C@@H](OC(C)=O)CO[C@@H]1CCP(=O)(OC)OC. The topological polar surface area (TPSA) is 71.1 Å². The van der Waals surface area contributed by atoms with E-state index >= 15 is 0 Å². The van der Waals surface area contributed by atoms with Crippen LogP contribution >= 0.6 is 7.60 Å². The quantitative estimate of drug-likeness (QED) is 0.406. The molecule has 0 aliphatic carbocycles. The normalized spacial score (nSPS) is 27.2. The standard InChI is InChI=1S/C12H21O6P/c1-5-10-11(6-7-19(14,15-3)16-4)17-8-12(10)18-9(2)13/h5,10-12H,1,6-8H2,2-4H3/t10-,11-,12+/m1/s1. The van der Waals surface area contributed by atoms with Gasteiger partial charge in [0.25, 0.3) is 0 Å². The van der Waals surface area contributed by atoms with E-state index in [-0.39, 0.29) is 30.3 Å². The minimum absolute atomic E-state index is 0.105. The van der Waals surface area contributed by atoms with Gasteiger partial charge in [0, 0.05) is 27.1 Å². The maximum Gasteiger partial charge on any atom is 0.330 e. The molecule has 1 rings (SSSR count). The third kappa shape index (κ3) is 4.42. The number of hydrogen-bond acceptors (Lipinski definition) is 6. The molecule has 0 aromatic carbocycles. The molecule has 0 bridgehead atoms. The van der Waals surface area contributed by atoms with Crippen LogP contribution in [0.4, 0.5) is 0 Å². The Bertz CT molecular complexity index is 361. The number of carbonyl (C=O) groups is 1. The minimum Gasteiger partial charge on any atom is -0.459 e. The van der Waals surface area contributed by atoms with E-state index in [1.165, 1.54) is 21.1 Å². The number of hydrogen-bond donors (Lipinski definition) is 0. The van der Waals surface area contributed by atoms with Gasteiger partial charge in [-0.2, -0.15) is 0 Å². The fourth-order valence-electron chi connectivity index (χ4n) is 2.13. The van der Waals surface area contributed by atoms with Crippen molar-refractivity contribution in [1.82, 2.24) is 0 Å². The van der Waals surface area contributed by atoms with Crippen LogP contribution in [-0.4, -0.2) is 45.2 Å². The number of esters is 1. The molecule has 0 aromatic heterocycles. The Morgan fingerprint density at radius 2 is 2.11 bits per heavy atom. The van der Waals surface area contributed by atoms with E-state index in [2.05, 4.69) is 6.58 Å². The molecule has 6 nitrogen and oxygen atoms in total. The maximum atomic E-state index is 12.0. The fourth-order valence-corrected chi connectivity index (χ4v) is 3.21. The molecule has 0 unspecified atom stereocenters. The molecule has 1 saturated heterocycles. The summed E-state index contributed by atoms with van der Waals surface area (Å²) in [5.74, 6) is -0.452. The van der Waals surface area contributed by atoms with E-state index < -0.39 is 7.60 Å². The largest absolute Gasteiger partial charge is 0.459 e. The zero-order chi connectivity index (χ0) is 14.5. The summed E-state index contributed by atoms with van der Waals surface area (Å²) < 4.78 is 32.4. The van der Waals surface area contributed by atoms with Gasteiger partial charge in [-0.1, -0.05) is 6.08 Å². The van der Waals surface area contributed by atoms with Crippen LogP contribution in [0.3, 0.4) is 0 Å². The molecule has 7 heteroatoms. The number of rotatable bonds is 7. The molecule has 1 fully saturated rings. The van der Waals surface area contributed by atoms with Crippen LogP contribution in [0, 0.1) is 5.92 Å². The lowest BCUT2D eigenvalue weighted by molar-refractivity contribution is -0.147.